The molecule has 3 nitrogen and oxygen atoms in total. The predicted octanol–water partition coefficient (Wildman–Crippen LogP) is 2.19. The first kappa shape index (κ1) is 11.3. The molecular weight excluding hydrogens is 210 g/mol. The van der Waals surface area contributed by atoms with Crippen molar-refractivity contribution in [2.45, 2.75) is 13.3 Å². The van der Waals surface area contributed by atoms with Crippen LogP contribution in [0.3, 0.4) is 0 Å². The number of carbonyl (C=O) groups excluding carboxylic acids is 1. The van der Waals surface area contributed by atoms with Crippen LogP contribution in [0.25, 0.3) is 0 Å². The van der Waals surface area contributed by atoms with Crippen LogP contribution >= 0.6 is 11.3 Å². The number of nitrogens with zero attached hydrogens (tertiary/aromatic N) is 1. The van der Waals surface area contributed by atoms with Crippen LogP contribution in [-0.2, 0) is 4.74 Å². The number of rotatable bonds is 2. The summed E-state index contributed by atoms with van der Waals surface area (Å²) < 4.78 is 4.84. The van der Waals surface area contributed by atoms with Crippen molar-refractivity contribution in [3.8, 4) is 17.9 Å². The molecule has 0 saturated heterocycles. The van der Waals surface area contributed by atoms with Crippen LogP contribution in [0.15, 0.2) is 12.1 Å². The van der Waals surface area contributed by atoms with E-state index in [0.29, 0.717) is 11.5 Å². The van der Waals surface area contributed by atoms with Gasteiger partial charge >= 0.3 is 5.97 Å². The minimum Gasteiger partial charge on any atom is -0.462 e. The highest BCUT2D eigenvalue weighted by atomic mass is 32.1. The van der Waals surface area contributed by atoms with Crippen molar-refractivity contribution in [1.29, 1.82) is 5.26 Å². The van der Waals surface area contributed by atoms with Crippen LogP contribution in [0.2, 0.25) is 0 Å². The van der Waals surface area contributed by atoms with Gasteiger partial charge in [0.1, 0.15) is 4.88 Å². The molecule has 0 unspecified atom stereocenters. The fourth-order valence-corrected chi connectivity index (χ4v) is 1.66. The summed E-state index contributed by atoms with van der Waals surface area (Å²) in [5, 5.41) is 8.28. The molecule has 0 atom stereocenters. The Morgan fingerprint density at radius 1 is 1.60 bits per heavy atom. The maximum atomic E-state index is 11.3. The summed E-state index contributed by atoms with van der Waals surface area (Å²) in [6.07, 6.45) is 0.201. The number of thiophene rings is 1. The molecule has 15 heavy (non-hydrogen) atoms. The van der Waals surface area contributed by atoms with Crippen LogP contribution in [0.4, 0.5) is 0 Å². The third-order valence-electron chi connectivity index (χ3n) is 1.46. The summed E-state index contributed by atoms with van der Waals surface area (Å²) in [7, 11) is 0. The average molecular weight is 219 g/mol. The van der Waals surface area contributed by atoms with Crippen LogP contribution in [0.5, 0.6) is 0 Å². The molecule has 4 heteroatoms. The van der Waals surface area contributed by atoms with Crippen molar-refractivity contribution < 1.29 is 9.53 Å². The molecular formula is C11H9NO2S. The van der Waals surface area contributed by atoms with Gasteiger partial charge in [-0.25, -0.2) is 4.79 Å². The van der Waals surface area contributed by atoms with E-state index in [4.69, 9.17) is 10.00 Å². The molecule has 1 aromatic rings. The first-order chi connectivity index (χ1) is 7.27. The van der Waals surface area contributed by atoms with Gasteiger partial charge in [-0.3, -0.25) is 0 Å². The molecule has 1 heterocycles. The predicted molar refractivity (Wildman–Crippen MR) is 57.4 cm³/mol. The third kappa shape index (κ3) is 3.46. The maximum absolute atomic E-state index is 11.3. The molecule has 0 saturated carbocycles. The molecule has 0 aliphatic carbocycles. The molecule has 0 aromatic carbocycles. The van der Waals surface area contributed by atoms with Gasteiger partial charge in [0.25, 0.3) is 0 Å². The first-order valence-electron chi connectivity index (χ1n) is 4.40. The monoisotopic (exact) mass is 219 g/mol. The molecule has 0 N–H and O–H groups in total. The molecule has 0 aliphatic heterocycles. The van der Waals surface area contributed by atoms with Crippen molar-refractivity contribution >= 4 is 17.3 Å². The lowest BCUT2D eigenvalue weighted by Crippen LogP contribution is -2.01. The minimum atomic E-state index is -0.323. The molecule has 0 bridgehead atoms. The van der Waals surface area contributed by atoms with Crippen LogP contribution in [0, 0.1) is 23.2 Å². The highest BCUT2D eigenvalue weighted by molar-refractivity contribution is 7.14. The van der Waals surface area contributed by atoms with E-state index in [9.17, 15) is 4.79 Å². The van der Waals surface area contributed by atoms with E-state index in [2.05, 4.69) is 11.8 Å². The molecule has 0 spiro atoms. The normalized spacial score (nSPS) is 8.53. The van der Waals surface area contributed by atoms with Crippen molar-refractivity contribution in [3.05, 3.63) is 21.9 Å². The summed E-state index contributed by atoms with van der Waals surface area (Å²) in [5.41, 5.74) is 0. The van der Waals surface area contributed by atoms with Gasteiger partial charge in [-0.05, 0) is 19.1 Å². The minimum absolute atomic E-state index is 0.201. The number of esters is 1. The molecule has 0 aliphatic rings. The van der Waals surface area contributed by atoms with Crippen LogP contribution in [0.1, 0.15) is 27.9 Å². The van der Waals surface area contributed by atoms with E-state index >= 15 is 0 Å². The quantitative estimate of drug-likeness (QED) is 0.566. The molecule has 1 rings (SSSR count). The Morgan fingerprint density at radius 3 is 3.07 bits per heavy atom. The van der Waals surface area contributed by atoms with Gasteiger partial charge in [0.15, 0.2) is 0 Å². The molecule has 0 radical (unpaired) electrons. The average Bonchev–Trinajstić information content (AvgIpc) is 2.67. The summed E-state index contributed by atoms with van der Waals surface area (Å²) in [6, 6.07) is 5.36. The Morgan fingerprint density at radius 2 is 2.40 bits per heavy atom. The van der Waals surface area contributed by atoms with Gasteiger partial charge < -0.3 is 4.74 Å². The third-order valence-corrected chi connectivity index (χ3v) is 2.44. The smallest absolute Gasteiger partial charge is 0.348 e. The zero-order valence-corrected chi connectivity index (χ0v) is 9.06. The molecule has 1 aromatic heterocycles. The van der Waals surface area contributed by atoms with Crippen molar-refractivity contribution in [2.75, 3.05) is 6.61 Å². The standard InChI is InChI=1S/C11H9NO2S/c1-2-14-11(13)10-7-6-9(15-10)5-3-4-8-12/h6-7H,2,4H2,1H3. The fraction of sp³-hybridized carbons (Fsp3) is 0.273. The summed E-state index contributed by atoms with van der Waals surface area (Å²) in [6.45, 7) is 2.13. The van der Waals surface area contributed by atoms with Gasteiger partial charge in [-0.2, -0.15) is 5.26 Å². The van der Waals surface area contributed by atoms with E-state index in [0.717, 1.165) is 4.88 Å². The van der Waals surface area contributed by atoms with Crippen LogP contribution < -0.4 is 0 Å². The molecule has 76 valence electrons. The maximum Gasteiger partial charge on any atom is 0.348 e. The van der Waals surface area contributed by atoms with Crippen molar-refractivity contribution in [2.24, 2.45) is 0 Å². The van der Waals surface area contributed by atoms with Gasteiger partial charge in [0.2, 0.25) is 0 Å². The fourth-order valence-electron chi connectivity index (χ4n) is 0.888. The summed E-state index contributed by atoms with van der Waals surface area (Å²) in [5.74, 6) is 5.16. The van der Waals surface area contributed by atoms with Gasteiger partial charge in [-0.15, -0.1) is 11.3 Å². The van der Waals surface area contributed by atoms with Crippen molar-refractivity contribution in [1.82, 2.24) is 0 Å². The second kappa shape index (κ2) is 5.85. The lowest BCUT2D eigenvalue weighted by molar-refractivity contribution is 0.0532. The lowest BCUT2D eigenvalue weighted by Gasteiger charge is -1.95. The Balaban J connectivity index is 2.70. The number of hydrogen-bond acceptors (Lipinski definition) is 4. The largest absolute Gasteiger partial charge is 0.462 e. The van der Waals surface area contributed by atoms with Gasteiger partial charge in [-0.1, -0.05) is 11.8 Å². The van der Waals surface area contributed by atoms with Crippen molar-refractivity contribution in [3.63, 3.8) is 0 Å². The number of ether oxygens (including phenoxy) is 1. The summed E-state index contributed by atoms with van der Waals surface area (Å²) >= 11 is 1.27. The zero-order chi connectivity index (χ0) is 11.1. The Kier molecular flexibility index (Phi) is 4.40. The highest BCUT2D eigenvalue weighted by Gasteiger charge is 2.08. The van der Waals surface area contributed by atoms with Gasteiger partial charge in [0.05, 0.1) is 24.0 Å². The highest BCUT2D eigenvalue weighted by Crippen LogP contribution is 2.16. The zero-order valence-electron chi connectivity index (χ0n) is 8.24. The topological polar surface area (TPSA) is 50.1 Å². The Bertz CT molecular complexity index is 445. The lowest BCUT2D eigenvalue weighted by atomic mass is 10.4. The first-order valence-corrected chi connectivity index (χ1v) is 5.22. The van der Waals surface area contributed by atoms with E-state index in [1.165, 1.54) is 11.3 Å². The van der Waals surface area contributed by atoms with Crippen LogP contribution in [-0.4, -0.2) is 12.6 Å². The second-order valence-corrected chi connectivity index (χ2v) is 3.60. The van der Waals surface area contributed by atoms with Gasteiger partial charge in [0, 0.05) is 0 Å². The Labute approximate surface area is 92.3 Å². The number of carbonyl (C=O) groups is 1. The number of hydrogen-bond donors (Lipinski definition) is 0. The second-order valence-electron chi connectivity index (χ2n) is 2.52. The summed E-state index contributed by atoms with van der Waals surface area (Å²) in [4.78, 5) is 12.6. The molecule has 0 fully saturated rings. The Hall–Kier alpha value is -1.78. The molecule has 0 amide bonds. The van der Waals surface area contributed by atoms with E-state index in [1.807, 2.05) is 6.07 Å². The SMILES string of the molecule is CCOC(=O)c1ccc(C#CCC#N)s1. The van der Waals surface area contributed by atoms with E-state index in [1.54, 1.807) is 19.1 Å². The van der Waals surface area contributed by atoms with E-state index in [-0.39, 0.29) is 12.4 Å². The van der Waals surface area contributed by atoms with E-state index < -0.39 is 0 Å². The number of nitriles is 1.